The number of carbonyl (C=O) groups is 4. The van der Waals surface area contributed by atoms with E-state index >= 15 is 0 Å². The Labute approximate surface area is 221 Å². The van der Waals surface area contributed by atoms with Gasteiger partial charge in [0, 0.05) is 36.5 Å². The second-order valence-corrected chi connectivity index (χ2v) is 11.3. The van der Waals surface area contributed by atoms with Gasteiger partial charge in [0.2, 0.25) is 0 Å². The highest BCUT2D eigenvalue weighted by atomic mass is 16.6. The van der Waals surface area contributed by atoms with Crippen LogP contribution in [-0.2, 0) is 38.1 Å². The van der Waals surface area contributed by atoms with E-state index in [2.05, 4.69) is 0 Å². The van der Waals surface area contributed by atoms with E-state index in [0.29, 0.717) is 6.42 Å². The number of furan rings is 1. The molecule has 0 radical (unpaired) electrons. The topological polar surface area (TPSA) is 118 Å². The van der Waals surface area contributed by atoms with Crippen molar-refractivity contribution in [1.29, 1.82) is 0 Å². The standard InChI is InChI=1S/C29H34O9/c1-14-17(16-8-10-36-13-16)11-20-23(14)29(4)18(12-21(32)34-5)22-19(31)7-9-28(3,27(33)35-6)24(22)25(26(29)38-20)37-15(2)30/h7-10,13,17-18,20,22,24-26H,11-12H2,1-6H3/t17-,18-,20-,22+,24+,25-,26-,28-,29-/m1/s1. The molecule has 0 bridgehead atoms. The molecular weight excluding hydrogens is 492 g/mol. The van der Waals surface area contributed by atoms with Gasteiger partial charge < -0.3 is 23.4 Å². The lowest BCUT2D eigenvalue weighted by molar-refractivity contribution is -0.208. The van der Waals surface area contributed by atoms with Gasteiger partial charge >= 0.3 is 17.9 Å². The van der Waals surface area contributed by atoms with Gasteiger partial charge in [-0.05, 0) is 49.5 Å². The molecule has 1 aromatic rings. The van der Waals surface area contributed by atoms with Crippen molar-refractivity contribution in [3.8, 4) is 0 Å². The lowest BCUT2D eigenvalue weighted by Gasteiger charge is -2.57. The molecule has 9 nitrogen and oxygen atoms in total. The molecule has 0 spiro atoms. The number of carbonyl (C=O) groups excluding carboxylic acids is 4. The number of hydrogen-bond acceptors (Lipinski definition) is 9. The Morgan fingerprint density at radius 3 is 2.50 bits per heavy atom. The van der Waals surface area contributed by atoms with E-state index < -0.39 is 58.7 Å². The summed E-state index contributed by atoms with van der Waals surface area (Å²) in [4.78, 5) is 52.2. The molecule has 4 aliphatic rings. The summed E-state index contributed by atoms with van der Waals surface area (Å²) in [6.07, 6.45) is 4.96. The van der Waals surface area contributed by atoms with Crippen molar-refractivity contribution in [3.05, 3.63) is 47.5 Å². The normalized spacial score (nSPS) is 39.3. The van der Waals surface area contributed by atoms with Crippen LogP contribution in [0.1, 0.15) is 52.0 Å². The van der Waals surface area contributed by atoms with Crippen LogP contribution in [0, 0.1) is 28.6 Å². The molecule has 1 saturated heterocycles. The molecule has 3 aliphatic carbocycles. The van der Waals surface area contributed by atoms with Crippen molar-refractivity contribution in [1.82, 2.24) is 0 Å². The Hall–Kier alpha value is -3.20. The fraction of sp³-hybridized carbons (Fsp3) is 0.586. The van der Waals surface area contributed by atoms with E-state index in [0.717, 1.165) is 16.7 Å². The fourth-order valence-electron chi connectivity index (χ4n) is 7.94. The third-order valence-electron chi connectivity index (χ3n) is 9.55. The minimum atomic E-state index is -1.28. The molecule has 2 fully saturated rings. The molecule has 1 aliphatic heterocycles. The van der Waals surface area contributed by atoms with Gasteiger partial charge in [-0.2, -0.15) is 0 Å². The lowest BCUT2D eigenvalue weighted by Crippen LogP contribution is -2.65. The van der Waals surface area contributed by atoms with E-state index in [1.165, 1.54) is 33.3 Å². The van der Waals surface area contributed by atoms with Gasteiger partial charge in [-0.15, -0.1) is 0 Å². The summed E-state index contributed by atoms with van der Waals surface area (Å²) in [5.74, 6) is -3.92. The highest BCUT2D eigenvalue weighted by Crippen LogP contribution is 2.66. The quantitative estimate of drug-likeness (QED) is 0.322. The summed E-state index contributed by atoms with van der Waals surface area (Å²) in [6.45, 7) is 7.03. The van der Waals surface area contributed by atoms with Gasteiger partial charge in [-0.1, -0.05) is 18.6 Å². The molecular formula is C29H34O9. The van der Waals surface area contributed by atoms with Crippen molar-refractivity contribution >= 4 is 23.7 Å². The molecule has 9 atom stereocenters. The molecule has 0 unspecified atom stereocenters. The molecule has 1 aromatic heterocycles. The molecule has 9 heteroatoms. The highest BCUT2D eigenvalue weighted by Gasteiger charge is 2.71. The summed E-state index contributed by atoms with van der Waals surface area (Å²) < 4.78 is 28.3. The molecule has 204 valence electrons. The highest BCUT2D eigenvalue weighted by molar-refractivity contribution is 5.97. The lowest BCUT2D eigenvalue weighted by atomic mass is 9.47. The van der Waals surface area contributed by atoms with E-state index in [1.807, 2.05) is 19.9 Å². The molecule has 38 heavy (non-hydrogen) atoms. The first-order valence-corrected chi connectivity index (χ1v) is 12.9. The number of ketones is 1. The number of hydrogen-bond donors (Lipinski definition) is 0. The fourth-order valence-corrected chi connectivity index (χ4v) is 7.94. The van der Waals surface area contributed by atoms with Gasteiger partial charge in [-0.3, -0.25) is 19.2 Å². The Morgan fingerprint density at radius 2 is 1.89 bits per heavy atom. The predicted molar refractivity (Wildman–Crippen MR) is 132 cm³/mol. The molecule has 1 saturated carbocycles. The maximum absolute atomic E-state index is 13.7. The van der Waals surface area contributed by atoms with Crippen LogP contribution >= 0.6 is 0 Å². The van der Waals surface area contributed by atoms with Gasteiger partial charge in [0.25, 0.3) is 0 Å². The number of esters is 3. The van der Waals surface area contributed by atoms with Gasteiger partial charge in [0.1, 0.15) is 12.2 Å². The minimum Gasteiger partial charge on any atom is -0.472 e. The van der Waals surface area contributed by atoms with E-state index in [-0.39, 0.29) is 24.2 Å². The summed E-state index contributed by atoms with van der Waals surface area (Å²) >= 11 is 0. The van der Waals surface area contributed by atoms with Crippen molar-refractivity contribution in [2.24, 2.45) is 28.6 Å². The van der Waals surface area contributed by atoms with Crippen LogP contribution in [0.15, 0.2) is 46.3 Å². The Bertz CT molecular complexity index is 1230. The first kappa shape index (κ1) is 26.4. The number of fused-ring (bicyclic) bond motifs is 4. The smallest absolute Gasteiger partial charge is 0.315 e. The maximum Gasteiger partial charge on any atom is 0.315 e. The third-order valence-corrected chi connectivity index (χ3v) is 9.55. The first-order chi connectivity index (χ1) is 18.0. The van der Waals surface area contributed by atoms with Crippen molar-refractivity contribution < 1.29 is 42.5 Å². The van der Waals surface area contributed by atoms with Crippen LogP contribution in [-0.4, -0.2) is 56.2 Å². The Morgan fingerprint density at radius 1 is 1.16 bits per heavy atom. The van der Waals surface area contributed by atoms with E-state index in [9.17, 15) is 19.2 Å². The maximum atomic E-state index is 13.7. The van der Waals surface area contributed by atoms with Crippen molar-refractivity contribution in [2.45, 2.75) is 64.8 Å². The first-order valence-electron chi connectivity index (χ1n) is 12.9. The SMILES string of the molecule is COC(=O)C[C@@H]1[C@H]2C(=O)C=C[C@@](C)(C(=O)OC)[C@@H]2[C@@H](OC(C)=O)[C@H]2O[C@@H]3C[C@@H](c4ccoc4)C(C)=C3[C@@]12C. The molecule has 0 aromatic carbocycles. The average Bonchev–Trinajstić information content (AvgIpc) is 3.59. The van der Waals surface area contributed by atoms with Gasteiger partial charge in [0.15, 0.2) is 5.78 Å². The molecule has 2 heterocycles. The van der Waals surface area contributed by atoms with Crippen LogP contribution in [0.3, 0.4) is 0 Å². The second-order valence-electron chi connectivity index (χ2n) is 11.3. The summed E-state index contributed by atoms with van der Waals surface area (Å²) in [5, 5.41) is 0. The van der Waals surface area contributed by atoms with Crippen molar-refractivity contribution in [3.63, 3.8) is 0 Å². The van der Waals surface area contributed by atoms with Crippen LogP contribution in [0.5, 0.6) is 0 Å². The van der Waals surface area contributed by atoms with E-state index in [4.69, 9.17) is 23.4 Å². The monoisotopic (exact) mass is 526 g/mol. The summed E-state index contributed by atoms with van der Waals surface area (Å²) in [5.41, 5.74) is 0.997. The van der Waals surface area contributed by atoms with Crippen LogP contribution in [0.25, 0.3) is 0 Å². The third kappa shape index (κ3) is 3.61. The van der Waals surface area contributed by atoms with E-state index in [1.54, 1.807) is 19.5 Å². The summed E-state index contributed by atoms with van der Waals surface area (Å²) in [7, 11) is 2.60. The number of methoxy groups -OCH3 is 2. The largest absolute Gasteiger partial charge is 0.472 e. The Balaban J connectivity index is 1.73. The zero-order valence-electron chi connectivity index (χ0n) is 22.5. The van der Waals surface area contributed by atoms with Crippen LogP contribution in [0.4, 0.5) is 0 Å². The Kier molecular flexibility index (Phi) is 6.41. The second kappa shape index (κ2) is 9.22. The van der Waals surface area contributed by atoms with Crippen LogP contribution in [0.2, 0.25) is 0 Å². The average molecular weight is 527 g/mol. The molecule has 5 rings (SSSR count). The zero-order valence-corrected chi connectivity index (χ0v) is 22.5. The minimum absolute atomic E-state index is 0.0532. The zero-order chi connectivity index (χ0) is 27.6. The van der Waals surface area contributed by atoms with Crippen LogP contribution < -0.4 is 0 Å². The number of ether oxygens (including phenoxy) is 4. The number of allylic oxidation sites excluding steroid dienone is 2. The van der Waals surface area contributed by atoms with Crippen molar-refractivity contribution in [2.75, 3.05) is 14.2 Å². The summed E-state index contributed by atoms with van der Waals surface area (Å²) in [6, 6.07) is 1.93. The van der Waals surface area contributed by atoms with Gasteiger partial charge in [0.05, 0.1) is 38.3 Å². The predicted octanol–water partition coefficient (Wildman–Crippen LogP) is 3.53. The molecule has 0 amide bonds. The molecule has 0 N–H and O–H groups in total. The van der Waals surface area contributed by atoms with Gasteiger partial charge in [-0.25, -0.2) is 0 Å². The number of rotatable bonds is 5.